The van der Waals surface area contributed by atoms with Crippen LogP contribution in [0.3, 0.4) is 0 Å². The monoisotopic (exact) mass is 578 g/mol. The number of aliphatic imine (C=N–C) groups is 1. The molecule has 2 aromatic carbocycles. The number of hydrogen-bond donors (Lipinski definition) is 2. The third-order valence-electron chi connectivity index (χ3n) is 4.07. The normalized spacial score (nSPS) is 12.5. The van der Waals surface area contributed by atoms with E-state index in [1.165, 1.54) is 17.8 Å². The van der Waals surface area contributed by atoms with Crippen LogP contribution >= 0.6 is 46.0 Å². The van der Waals surface area contributed by atoms with Gasteiger partial charge in [0.25, 0.3) is 0 Å². The van der Waals surface area contributed by atoms with Gasteiger partial charge in [0.2, 0.25) is 0 Å². The number of hydrogen-bond acceptors (Lipinski definition) is 6. The number of nitrogens with zero attached hydrogens (tertiary/aromatic N) is 1. The minimum absolute atomic E-state index is 0.0178. The number of rotatable bonds is 10. The Hall–Kier alpha value is -1.33. The van der Waals surface area contributed by atoms with Gasteiger partial charge in [-0.25, -0.2) is 4.39 Å². The van der Waals surface area contributed by atoms with Crippen LogP contribution in [0.15, 0.2) is 41.9 Å². The Labute approximate surface area is 205 Å². The van der Waals surface area contributed by atoms with Gasteiger partial charge < -0.3 is 20.3 Å². The number of halogens is 3. The molecule has 0 saturated carbocycles. The number of ether oxygens (including phenoxy) is 2. The lowest BCUT2D eigenvalue weighted by Gasteiger charge is -2.15. The molecule has 0 aliphatic rings. The molecule has 0 fully saturated rings. The van der Waals surface area contributed by atoms with Gasteiger partial charge in [0.1, 0.15) is 17.4 Å². The number of thioether (sulfide) groups is 1. The first-order valence-corrected chi connectivity index (χ1v) is 11.8. The zero-order chi connectivity index (χ0) is 23.0. The molecule has 0 heterocycles. The Morgan fingerprint density at radius 3 is 2.68 bits per heavy atom. The second-order valence-electron chi connectivity index (χ2n) is 6.56. The van der Waals surface area contributed by atoms with Gasteiger partial charge >= 0.3 is 0 Å². The average Bonchev–Trinajstić information content (AvgIpc) is 2.76. The molecule has 0 amide bonds. The minimum atomic E-state index is -0.573. The number of aliphatic hydroxyl groups excluding tert-OH is 1. The fraction of sp³-hybridized carbons (Fsp3) is 0.318. The van der Waals surface area contributed by atoms with E-state index in [2.05, 4.69) is 34.2 Å². The average molecular weight is 579 g/mol. The lowest BCUT2D eigenvalue weighted by atomic mass is 10.2. The SMILES string of the molecule is C=C(SC(=NC)c1ccc(OCCC)c(Cl)c1)c1cc(F)c(OC[C@H](N)CO)cc1I. The molecule has 2 aromatic rings. The number of aliphatic hydroxyl groups is 1. The van der Waals surface area contributed by atoms with Crippen molar-refractivity contribution in [2.75, 3.05) is 26.9 Å². The molecule has 2 rings (SSSR count). The van der Waals surface area contributed by atoms with Crippen LogP contribution in [-0.2, 0) is 0 Å². The Morgan fingerprint density at radius 2 is 2.06 bits per heavy atom. The van der Waals surface area contributed by atoms with E-state index in [0.717, 1.165) is 15.6 Å². The molecular weight excluding hydrogens is 554 g/mol. The van der Waals surface area contributed by atoms with Crippen molar-refractivity contribution in [1.82, 2.24) is 0 Å². The maximum atomic E-state index is 14.5. The van der Waals surface area contributed by atoms with Crippen LogP contribution in [0, 0.1) is 9.39 Å². The molecule has 0 saturated heterocycles. The van der Waals surface area contributed by atoms with E-state index in [4.69, 9.17) is 31.9 Å². The van der Waals surface area contributed by atoms with E-state index in [9.17, 15) is 4.39 Å². The third kappa shape index (κ3) is 7.35. The molecule has 168 valence electrons. The summed E-state index contributed by atoms with van der Waals surface area (Å²) in [6, 6.07) is 7.87. The zero-order valence-corrected chi connectivity index (χ0v) is 21.1. The van der Waals surface area contributed by atoms with Crippen molar-refractivity contribution in [3.63, 3.8) is 0 Å². The fourth-order valence-corrected chi connectivity index (χ4v) is 4.50. The first-order chi connectivity index (χ1) is 14.8. The third-order valence-corrected chi connectivity index (χ3v) is 6.34. The van der Waals surface area contributed by atoms with Crippen molar-refractivity contribution in [3.8, 4) is 11.5 Å². The maximum absolute atomic E-state index is 14.5. The summed E-state index contributed by atoms with van der Waals surface area (Å²) in [7, 11) is 1.68. The Morgan fingerprint density at radius 1 is 1.32 bits per heavy atom. The number of nitrogens with two attached hydrogens (primary N) is 1. The van der Waals surface area contributed by atoms with E-state index >= 15 is 0 Å². The summed E-state index contributed by atoms with van der Waals surface area (Å²) in [4.78, 5) is 4.98. The van der Waals surface area contributed by atoms with Gasteiger partial charge in [-0.2, -0.15) is 0 Å². The van der Waals surface area contributed by atoms with Gasteiger partial charge in [-0.3, -0.25) is 4.99 Å². The molecule has 0 aromatic heterocycles. The van der Waals surface area contributed by atoms with Crippen LogP contribution in [0.4, 0.5) is 4.39 Å². The number of benzene rings is 2. The van der Waals surface area contributed by atoms with Crippen LogP contribution in [0.5, 0.6) is 11.5 Å². The van der Waals surface area contributed by atoms with Crippen LogP contribution < -0.4 is 15.2 Å². The molecule has 5 nitrogen and oxygen atoms in total. The van der Waals surface area contributed by atoms with Crippen LogP contribution in [-0.4, -0.2) is 43.1 Å². The molecule has 1 atom stereocenters. The maximum Gasteiger partial charge on any atom is 0.165 e. The van der Waals surface area contributed by atoms with E-state index in [-0.39, 0.29) is 19.0 Å². The molecule has 0 aliphatic heterocycles. The van der Waals surface area contributed by atoms with Gasteiger partial charge in [0.15, 0.2) is 11.6 Å². The van der Waals surface area contributed by atoms with Crippen molar-refractivity contribution in [3.05, 3.63) is 62.4 Å². The van der Waals surface area contributed by atoms with Crippen molar-refractivity contribution < 1.29 is 19.0 Å². The highest BCUT2D eigenvalue weighted by Gasteiger charge is 2.16. The van der Waals surface area contributed by atoms with Crippen LogP contribution in [0.2, 0.25) is 5.02 Å². The molecule has 31 heavy (non-hydrogen) atoms. The lowest BCUT2D eigenvalue weighted by molar-refractivity contribution is 0.202. The predicted molar refractivity (Wildman–Crippen MR) is 136 cm³/mol. The van der Waals surface area contributed by atoms with Crippen LogP contribution in [0.1, 0.15) is 24.5 Å². The molecule has 0 bridgehead atoms. The summed E-state index contributed by atoms with van der Waals surface area (Å²) in [5, 5.41) is 10.2. The van der Waals surface area contributed by atoms with Gasteiger partial charge in [-0.1, -0.05) is 36.9 Å². The summed E-state index contributed by atoms with van der Waals surface area (Å²) in [6.07, 6.45) is 0.892. The molecule has 3 N–H and O–H groups in total. The molecule has 0 spiro atoms. The molecule has 9 heteroatoms. The Bertz CT molecular complexity index is 959. The highest BCUT2D eigenvalue weighted by Crippen LogP contribution is 2.36. The molecule has 0 radical (unpaired) electrons. The van der Waals surface area contributed by atoms with E-state index in [1.54, 1.807) is 19.2 Å². The first-order valence-electron chi connectivity index (χ1n) is 9.55. The fourth-order valence-electron chi connectivity index (χ4n) is 2.47. The van der Waals surface area contributed by atoms with E-state index < -0.39 is 11.9 Å². The van der Waals surface area contributed by atoms with Gasteiger partial charge in [0, 0.05) is 26.6 Å². The summed E-state index contributed by atoms with van der Waals surface area (Å²) in [5.74, 6) is 0.172. The quantitative estimate of drug-likeness (QED) is 0.226. The second-order valence-corrected chi connectivity index (χ2v) is 9.22. The topological polar surface area (TPSA) is 77.1 Å². The summed E-state index contributed by atoms with van der Waals surface area (Å²) in [6.45, 7) is 6.50. The summed E-state index contributed by atoms with van der Waals surface area (Å²) in [5.41, 5.74) is 7.06. The summed E-state index contributed by atoms with van der Waals surface area (Å²) < 4.78 is 26.3. The van der Waals surface area contributed by atoms with Crippen molar-refractivity contribution in [1.29, 1.82) is 0 Å². The zero-order valence-electron chi connectivity index (χ0n) is 17.3. The Kier molecular flexibility index (Phi) is 10.6. The van der Waals surface area contributed by atoms with Gasteiger partial charge in [0.05, 0.1) is 24.3 Å². The first kappa shape index (κ1) is 25.9. The lowest BCUT2D eigenvalue weighted by Crippen LogP contribution is -2.31. The smallest absolute Gasteiger partial charge is 0.165 e. The largest absolute Gasteiger partial charge is 0.492 e. The highest BCUT2D eigenvalue weighted by molar-refractivity contribution is 14.1. The molecular formula is C22H25ClFIN2O3S. The highest BCUT2D eigenvalue weighted by atomic mass is 127. The predicted octanol–water partition coefficient (Wildman–Crippen LogP) is 5.35. The minimum Gasteiger partial charge on any atom is -0.492 e. The molecule has 0 unspecified atom stereocenters. The van der Waals surface area contributed by atoms with Crippen molar-refractivity contribution >= 4 is 55.9 Å². The van der Waals surface area contributed by atoms with E-state index in [1.807, 2.05) is 19.1 Å². The van der Waals surface area contributed by atoms with E-state index in [0.29, 0.717) is 32.9 Å². The molecule has 0 aliphatic carbocycles. The Balaban J connectivity index is 2.17. The van der Waals surface area contributed by atoms with Crippen molar-refractivity contribution in [2.45, 2.75) is 19.4 Å². The van der Waals surface area contributed by atoms with Crippen LogP contribution in [0.25, 0.3) is 4.91 Å². The van der Waals surface area contributed by atoms with Gasteiger partial charge in [-0.15, -0.1) is 0 Å². The summed E-state index contributed by atoms with van der Waals surface area (Å²) >= 11 is 9.77. The standard InChI is InChI=1S/C22H25ClFIN2O3S/c1-4-7-29-20-6-5-14(8-17(20)23)22(27-3)31-13(2)16-9-18(24)21(10-19(16)25)30-12-15(26)11-28/h5-6,8-10,15,28H,2,4,7,11-12,26H2,1,3H3/t15-/m1/s1. The van der Waals surface area contributed by atoms with Gasteiger partial charge in [-0.05, 0) is 59.3 Å². The second kappa shape index (κ2) is 12.6. The van der Waals surface area contributed by atoms with Crippen molar-refractivity contribution in [2.24, 2.45) is 10.7 Å².